The van der Waals surface area contributed by atoms with Crippen molar-refractivity contribution in [2.75, 3.05) is 18.5 Å². The summed E-state index contributed by atoms with van der Waals surface area (Å²) in [5.74, 6) is -1.31. The average Bonchev–Trinajstić information content (AvgIpc) is 2.61. The Bertz CT molecular complexity index is 773. The fraction of sp³-hybridized carbons (Fsp3) is 0.294. The van der Waals surface area contributed by atoms with Gasteiger partial charge in [-0.3, -0.25) is 14.7 Å². The topological polar surface area (TPSA) is 90.7 Å². The highest BCUT2D eigenvalue weighted by Gasteiger charge is 2.37. The van der Waals surface area contributed by atoms with E-state index in [4.69, 9.17) is 9.05 Å². The van der Waals surface area contributed by atoms with Gasteiger partial charge >= 0.3 is 7.60 Å². The van der Waals surface area contributed by atoms with Gasteiger partial charge in [0.05, 0.1) is 18.1 Å². The van der Waals surface area contributed by atoms with Gasteiger partial charge in [0, 0.05) is 17.8 Å². The zero-order valence-corrected chi connectivity index (χ0v) is 15.3. The second-order valence-electron chi connectivity index (χ2n) is 5.28. The molecule has 1 unspecified atom stereocenters. The molecular weight excluding hydrogens is 362 g/mol. The normalized spacial score (nSPS) is 12.6. The summed E-state index contributed by atoms with van der Waals surface area (Å²) in [5, 5.41) is 13.9. The molecule has 9 heteroatoms. The van der Waals surface area contributed by atoms with Crippen molar-refractivity contribution in [1.29, 1.82) is 0 Å². The number of nitrogens with one attached hydrogen (secondary N) is 1. The van der Waals surface area contributed by atoms with Gasteiger partial charge in [0.15, 0.2) is 5.78 Å². The van der Waals surface area contributed by atoms with Crippen LogP contribution in [-0.2, 0) is 13.6 Å². The Kier molecular flexibility index (Phi) is 6.85. The highest BCUT2D eigenvalue weighted by Crippen LogP contribution is 2.60. The summed E-state index contributed by atoms with van der Waals surface area (Å²) in [4.78, 5) is 10.3. The molecule has 140 valence electrons. The minimum absolute atomic E-state index is 0.0862. The van der Waals surface area contributed by atoms with Gasteiger partial charge in [-0.15, -0.1) is 0 Å². The molecule has 0 aliphatic rings. The van der Waals surface area contributed by atoms with Gasteiger partial charge in [0.2, 0.25) is 0 Å². The molecule has 1 N–H and O–H groups in total. The van der Waals surface area contributed by atoms with Gasteiger partial charge < -0.3 is 14.4 Å². The number of nitro benzene ring substituents is 1. The zero-order valence-electron chi connectivity index (χ0n) is 14.4. The average molecular weight is 382 g/mol. The molecule has 2 aromatic carbocycles. The molecule has 0 saturated heterocycles. The largest absolute Gasteiger partial charge is 0.368 e. The van der Waals surface area contributed by atoms with Crippen LogP contribution in [0.25, 0.3) is 0 Å². The number of hydrogen-bond acceptors (Lipinski definition) is 6. The van der Waals surface area contributed by atoms with Gasteiger partial charge in [-0.25, -0.2) is 4.39 Å². The molecule has 0 amide bonds. The first-order chi connectivity index (χ1) is 12.4. The van der Waals surface area contributed by atoms with Crippen molar-refractivity contribution in [3.05, 3.63) is 70.0 Å². The Morgan fingerprint density at radius 1 is 1.08 bits per heavy atom. The van der Waals surface area contributed by atoms with Crippen LogP contribution in [0.5, 0.6) is 0 Å². The van der Waals surface area contributed by atoms with Crippen LogP contribution in [0.4, 0.5) is 15.8 Å². The SMILES string of the molecule is CCOP(=O)(OCC)C(Nc1ccc(F)cc1)c1ccc([N+](=O)[O-])cc1. The highest BCUT2D eigenvalue weighted by atomic mass is 31.2. The summed E-state index contributed by atoms with van der Waals surface area (Å²) in [6.07, 6.45) is 0. The fourth-order valence-corrected chi connectivity index (χ4v) is 4.31. The lowest BCUT2D eigenvalue weighted by Gasteiger charge is -2.28. The molecule has 0 spiro atoms. The number of non-ortho nitro benzene ring substituents is 1. The van der Waals surface area contributed by atoms with Crippen LogP contribution >= 0.6 is 7.60 Å². The number of hydrogen-bond donors (Lipinski definition) is 1. The van der Waals surface area contributed by atoms with Crippen molar-refractivity contribution in [1.82, 2.24) is 0 Å². The molecule has 0 fully saturated rings. The van der Waals surface area contributed by atoms with Gasteiger partial charge in [-0.2, -0.15) is 0 Å². The molecule has 0 radical (unpaired) electrons. The molecule has 26 heavy (non-hydrogen) atoms. The number of nitrogens with zero attached hydrogens (tertiary/aromatic N) is 1. The number of nitro groups is 1. The smallest absolute Gasteiger partial charge is 0.357 e. The summed E-state index contributed by atoms with van der Waals surface area (Å²) in [5.41, 5.74) is 0.913. The molecule has 0 aliphatic heterocycles. The van der Waals surface area contributed by atoms with Gasteiger partial charge in [-0.1, -0.05) is 0 Å². The van der Waals surface area contributed by atoms with E-state index < -0.39 is 24.1 Å². The minimum atomic E-state index is -3.64. The van der Waals surface area contributed by atoms with Crippen molar-refractivity contribution in [2.45, 2.75) is 19.6 Å². The summed E-state index contributed by atoms with van der Waals surface area (Å²) < 4.78 is 37.3. The number of rotatable bonds is 9. The number of anilines is 1. The maximum absolute atomic E-state index is 13.3. The third kappa shape index (κ3) is 4.88. The molecule has 0 saturated carbocycles. The lowest BCUT2D eigenvalue weighted by Crippen LogP contribution is -2.15. The first-order valence-corrected chi connectivity index (χ1v) is 9.66. The van der Waals surface area contributed by atoms with Crippen LogP contribution in [0.2, 0.25) is 0 Å². The lowest BCUT2D eigenvalue weighted by atomic mass is 10.2. The Morgan fingerprint density at radius 2 is 1.62 bits per heavy atom. The summed E-state index contributed by atoms with van der Waals surface area (Å²) in [6, 6.07) is 11.1. The summed E-state index contributed by atoms with van der Waals surface area (Å²) in [7, 11) is -3.64. The molecule has 7 nitrogen and oxygen atoms in total. The van der Waals surface area contributed by atoms with Crippen LogP contribution in [0.1, 0.15) is 25.2 Å². The van der Waals surface area contributed by atoms with Crippen molar-refractivity contribution in [3.63, 3.8) is 0 Å². The lowest BCUT2D eigenvalue weighted by molar-refractivity contribution is -0.384. The molecule has 2 aromatic rings. The second-order valence-corrected chi connectivity index (χ2v) is 7.39. The van der Waals surface area contributed by atoms with E-state index in [1.807, 2.05) is 0 Å². The molecule has 0 heterocycles. The van der Waals surface area contributed by atoms with E-state index in [0.717, 1.165) is 0 Å². The van der Waals surface area contributed by atoms with E-state index in [1.165, 1.54) is 48.5 Å². The summed E-state index contributed by atoms with van der Waals surface area (Å²) in [6.45, 7) is 3.70. The van der Waals surface area contributed by atoms with E-state index in [9.17, 15) is 19.1 Å². The van der Waals surface area contributed by atoms with Crippen molar-refractivity contribution in [2.24, 2.45) is 0 Å². The molecule has 1 atom stereocenters. The molecule has 0 aromatic heterocycles. The molecule has 0 aliphatic carbocycles. The third-order valence-electron chi connectivity index (χ3n) is 3.50. The van der Waals surface area contributed by atoms with Crippen molar-refractivity contribution in [3.8, 4) is 0 Å². The maximum atomic E-state index is 13.3. The van der Waals surface area contributed by atoms with E-state index >= 15 is 0 Å². The molecule has 0 bridgehead atoms. The van der Waals surface area contributed by atoms with Gasteiger partial charge in [-0.05, 0) is 55.8 Å². The Labute approximate surface area is 150 Å². The van der Waals surface area contributed by atoms with Crippen molar-refractivity contribution < 1.29 is 22.9 Å². The number of benzene rings is 2. The monoisotopic (exact) mass is 382 g/mol. The Hall–Kier alpha value is -2.28. The first kappa shape index (κ1) is 20.0. The zero-order chi connectivity index (χ0) is 19.2. The van der Waals surface area contributed by atoms with Crippen LogP contribution in [0.15, 0.2) is 48.5 Å². The van der Waals surface area contributed by atoms with Gasteiger partial charge in [0.1, 0.15) is 5.82 Å². The predicted octanol–water partition coefficient (Wildman–Crippen LogP) is 5.11. The van der Waals surface area contributed by atoms with Crippen molar-refractivity contribution >= 4 is 19.0 Å². The highest BCUT2D eigenvalue weighted by molar-refractivity contribution is 7.54. The fourth-order valence-electron chi connectivity index (χ4n) is 2.37. The van der Waals surface area contributed by atoms with Crippen LogP contribution in [0.3, 0.4) is 0 Å². The van der Waals surface area contributed by atoms with E-state index in [1.54, 1.807) is 13.8 Å². The van der Waals surface area contributed by atoms with Crippen LogP contribution in [0, 0.1) is 15.9 Å². The predicted molar refractivity (Wildman–Crippen MR) is 96.7 cm³/mol. The first-order valence-electron chi connectivity index (χ1n) is 8.05. The maximum Gasteiger partial charge on any atom is 0.357 e. The standard InChI is InChI=1S/C17H20FN2O5P/c1-3-24-26(23,25-4-2)17(19-15-9-7-14(18)8-10-15)13-5-11-16(12-6-13)20(21)22/h5-12,17,19H,3-4H2,1-2H3. The van der Waals surface area contributed by atoms with Crippen LogP contribution < -0.4 is 5.32 Å². The number of halogens is 1. The Morgan fingerprint density at radius 3 is 2.08 bits per heavy atom. The van der Waals surface area contributed by atoms with E-state index in [-0.39, 0.29) is 18.9 Å². The van der Waals surface area contributed by atoms with Crippen LogP contribution in [-0.4, -0.2) is 18.1 Å². The summed E-state index contributed by atoms with van der Waals surface area (Å²) >= 11 is 0. The third-order valence-corrected chi connectivity index (χ3v) is 5.80. The minimum Gasteiger partial charge on any atom is -0.368 e. The quantitative estimate of drug-likeness (QED) is 0.368. The Balaban J connectivity index is 2.43. The van der Waals surface area contributed by atoms with Gasteiger partial charge in [0.25, 0.3) is 5.69 Å². The second kappa shape index (κ2) is 8.89. The molecular formula is C17H20FN2O5P. The molecule has 2 rings (SSSR count). The van der Waals surface area contributed by atoms with E-state index in [0.29, 0.717) is 11.3 Å². The van der Waals surface area contributed by atoms with E-state index in [2.05, 4.69) is 5.32 Å².